The minimum absolute atomic E-state index is 0.113. The maximum Gasteiger partial charge on any atom is 0.416 e. The van der Waals surface area contributed by atoms with Gasteiger partial charge in [0.1, 0.15) is 6.61 Å². The van der Waals surface area contributed by atoms with Crippen LogP contribution in [0, 0.1) is 0 Å². The van der Waals surface area contributed by atoms with Crippen LogP contribution in [-0.4, -0.2) is 72.0 Å². The molecule has 2 saturated heterocycles. The maximum absolute atomic E-state index is 13.2. The van der Waals surface area contributed by atoms with Gasteiger partial charge in [-0.05, 0) is 31.0 Å². The number of hydrogen-bond acceptors (Lipinski definition) is 6. The van der Waals surface area contributed by atoms with Gasteiger partial charge in [-0.15, -0.1) is 0 Å². The van der Waals surface area contributed by atoms with E-state index in [0.29, 0.717) is 64.1 Å². The molecule has 0 aliphatic carbocycles. The molecule has 2 unspecified atom stereocenters. The number of carbonyl (C=O) groups is 1. The van der Waals surface area contributed by atoms with Crippen molar-refractivity contribution in [1.82, 2.24) is 19.9 Å². The predicted octanol–water partition coefficient (Wildman–Crippen LogP) is 4.68. The zero-order chi connectivity index (χ0) is 25.4. The Morgan fingerprint density at radius 2 is 1.74 bits per heavy atom. The number of nitrogens with zero attached hydrogens (tertiary/aromatic N) is 4. The van der Waals surface area contributed by atoms with E-state index >= 15 is 0 Å². The third-order valence-corrected chi connectivity index (χ3v) is 5.99. The van der Waals surface area contributed by atoms with Crippen molar-refractivity contribution in [3.8, 4) is 0 Å². The fraction of sp³-hybridized carbons (Fsp3) is 0.625. The monoisotopic (exact) mass is 498 g/mol. The molecule has 35 heavy (non-hydrogen) atoms. The number of amides is 2. The number of hydrogen-bond donors (Lipinski definition) is 0. The van der Waals surface area contributed by atoms with Crippen LogP contribution in [0.15, 0.2) is 28.8 Å². The summed E-state index contributed by atoms with van der Waals surface area (Å²) in [5, 5.41) is 4.09. The minimum Gasteiger partial charge on any atom is -0.378 e. The first-order valence-corrected chi connectivity index (χ1v) is 12.0. The Balaban J connectivity index is 0.00000167. The Morgan fingerprint density at radius 1 is 1.09 bits per heavy atom. The molecule has 2 amide bonds. The molecule has 8 nitrogen and oxygen atoms in total. The van der Waals surface area contributed by atoms with Crippen LogP contribution in [0.3, 0.4) is 0 Å². The van der Waals surface area contributed by atoms with Gasteiger partial charge in [0, 0.05) is 44.6 Å². The van der Waals surface area contributed by atoms with Gasteiger partial charge in [0.05, 0.1) is 18.8 Å². The number of rotatable bonds is 5. The average Bonchev–Trinajstić information content (AvgIpc) is 3.37. The first-order valence-electron chi connectivity index (χ1n) is 12.0. The van der Waals surface area contributed by atoms with Crippen LogP contribution in [0.25, 0.3) is 0 Å². The number of piperidine rings is 1. The number of carbonyl (C=O) groups excluding carboxylic acids is 1. The first-order chi connectivity index (χ1) is 16.8. The van der Waals surface area contributed by atoms with E-state index in [-0.39, 0.29) is 24.5 Å². The number of halogens is 3. The van der Waals surface area contributed by atoms with E-state index in [1.807, 2.05) is 20.8 Å². The molecule has 2 aromatic rings. The highest BCUT2D eigenvalue weighted by atomic mass is 19.4. The Kier molecular flexibility index (Phi) is 9.50. The normalized spacial score (nSPS) is 20.9. The van der Waals surface area contributed by atoms with E-state index in [1.165, 1.54) is 12.1 Å². The number of likely N-dealkylation sites (tertiary alicyclic amines) is 1. The number of urea groups is 1. The highest BCUT2D eigenvalue weighted by Crippen LogP contribution is 2.37. The van der Waals surface area contributed by atoms with Crippen LogP contribution in [0.5, 0.6) is 0 Å². The molecule has 0 saturated carbocycles. The van der Waals surface area contributed by atoms with Crippen molar-refractivity contribution in [2.75, 3.05) is 46.0 Å². The fourth-order valence-corrected chi connectivity index (χ4v) is 4.26. The summed E-state index contributed by atoms with van der Waals surface area (Å²) >= 11 is 0. The lowest BCUT2D eigenvalue weighted by Gasteiger charge is -2.40. The quantitative estimate of drug-likeness (QED) is 0.596. The highest BCUT2D eigenvalue weighted by Gasteiger charge is 2.37. The smallest absolute Gasteiger partial charge is 0.378 e. The molecule has 0 bridgehead atoms. The second kappa shape index (κ2) is 12.3. The van der Waals surface area contributed by atoms with Gasteiger partial charge in [-0.1, -0.05) is 31.1 Å². The lowest BCUT2D eigenvalue weighted by Crippen LogP contribution is -2.52. The maximum atomic E-state index is 13.2. The molecule has 0 spiro atoms. The zero-order valence-corrected chi connectivity index (χ0v) is 20.4. The van der Waals surface area contributed by atoms with Gasteiger partial charge < -0.3 is 23.8 Å². The van der Waals surface area contributed by atoms with E-state index in [4.69, 9.17) is 14.0 Å². The number of benzene rings is 1. The molecular formula is C24H33F3N4O4. The largest absolute Gasteiger partial charge is 0.416 e. The van der Waals surface area contributed by atoms with Crippen molar-refractivity contribution in [1.29, 1.82) is 0 Å². The molecule has 1 aromatic heterocycles. The van der Waals surface area contributed by atoms with Gasteiger partial charge in [-0.2, -0.15) is 18.2 Å². The lowest BCUT2D eigenvalue weighted by atomic mass is 9.84. The van der Waals surface area contributed by atoms with Gasteiger partial charge in [0.15, 0.2) is 5.82 Å². The fourth-order valence-electron chi connectivity index (χ4n) is 4.26. The van der Waals surface area contributed by atoms with Crippen molar-refractivity contribution in [3.05, 3.63) is 47.1 Å². The summed E-state index contributed by atoms with van der Waals surface area (Å²) in [5.74, 6) is 0.454. The molecule has 0 N–H and O–H groups in total. The first kappa shape index (κ1) is 26.9. The zero-order valence-electron chi connectivity index (χ0n) is 20.4. The van der Waals surface area contributed by atoms with Crippen LogP contribution in [0.1, 0.15) is 61.9 Å². The van der Waals surface area contributed by atoms with Gasteiger partial charge in [0.25, 0.3) is 5.89 Å². The number of aromatic nitrogens is 2. The lowest BCUT2D eigenvalue weighted by molar-refractivity contribution is -0.137. The molecule has 3 heterocycles. The summed E-state index contributed by atoms with van der Waals surface area (Å²) in [7, 11) is 0. The number of morpholine rings is 1. The van der Waals surface area contributed by atoms with Gasteiger partial charge >= 0.3 is 12.2 Å². The van der Waals surface area contributed by atoms with Crippen LogP contribution in [0.2, 0.25) is 0 Å². The highest BCUT2D eigenvalue weighted by molar-refractivity contribution is 5.75. The second-order valence-corrected chi connectivity index (χ2v) is 8.22. The second-order valence-electron chi connectivity index (χ2n) is 8.22. The Bertz CT molecular complexity index is 930. The molecule has 194 valence electrons. The van der Waals surface area contributed by atoms with Crippen molar-refractivity contribution < 1.29 is 32.0 Å². The molecule has 4 rings (SSSR count). The minimum atomic E-state index is -4.40. The third kappa shape index (κ3) is 6.94. The van der Waals surface area contributed by atoms with E-state index in [1.54, 1.807) is 9.80 Å². The van der Waals surface area contributed by atoms with Crippen molar-refractivity contribution in [2.45, 2.75) is 51.8 Å². The Labute approximate surface area is 203 Å². The van der Waals surface area contributed by atoms with E-state index < -0.39 is 11.7 Å². The van der Waals surface area contributed by atoms with Gasteiger partial charge in [-0.3, -0.25) is 0 Å². The molecule has 11 heteroatoms. The van der Waals surface area contributed by atoms with Crippen molar-refractivity contribution >= 4 is 6.03 Å². The summed E-state index contributed by atoms with van der Waals surface area (Å²) in [5.41, 5.74) is 0.0455. The molecule has 0 radical (unpaired) electrons. The van der Waals surface area contributed by atoms with Gasteiger partial charge in [-0.25, -0.2) is 4.79 Å². The molecule has 2 atom stereocenters. The molecule has 2 aliphatic rings. The summed E-state index contributed by atoms with van der Waals surface area (Å²) in [4.78, 5) is 21.1. The van der Waals surface area contributed by atoms with Crippen LogP contribution >= 0.6 is 0 Å². The number of ether oxygens (including phenoxy) is 2. The molecule has 1 aromatic carbocycles. The third-order valence-electron chi connectivity index (χ3n) is 5.99. The average molecular weight is 499 g/mol. The Hall–Kier alpha value is -2.66. The summed E-state index contributed by atoms with van der Waals surface area (Å²) in [6.45, 7) is 9.37. The summed E-state index contributed by atoms with van der Waals surface area (Å²) < 4.78 is 55.0. The molecular weight excluding hydrogens is 465 g/mol. The predicted molar refractivity (Wildman–Crippen MR) is 122 cm³/mol. The van der Waals surface area contributed by atoms with E-state index in [0.717, 1.165) is 17.7 Å². The summed E-state index contributed by atoms with van der Waals surface area (Å²) in [6.07, 6.45) is -3.81. The molecule has 2 fully saturated rings. The number of alkyl halides is 3. The van der Waals surface area contributed by atoms with Crippen LogP contribution in [-0.2, 0) is 22.3 Å². The standard InChI is InChI=1S/C22H27F3N4O4.C2H6/c1-2-31-14-19-26-20(27-33-19)17-11-16(15-3-5-18(6-4-15)22(23,24)25)12-29(13-17)21(30)28-7-9-32-10-8-28;1-2/h3-6,16-17H,2,7-14H2,1H3;1-2H3. The SMILES string of the molecule is CC.CCOCc1nc(C2CC(c3ccc(C(F)(F)F)cc3)CN(C(=O)N3CCOCC3)C2)no1. The van der Waals surface area contributed by atoms with Crippen LogP contribution < -0.4 is 0 Å². The van der Waals surface area contributed by atoms with Crippen LogP contribution in [0.4, 0.5) is 18.0 Å². The molecule has 2 aliphatic heterocycles. The van der Waals surface area contributed by atoms with Gasteiger partial charge in [0.2, 0.25) is 0 Å². The van der Waals surface area contributed by atoms with Crippen molar-refractivity contribution in [3.63, 3.8) is 0 Å². The summed E-state index contributed by atoms with van der Waals surface area (Å²) in [6, 6.07) is 5.04. The topological polar surface area (TPSA) is 80.9 Å². The Morgan fingerprint density at radius 3 is 2.37 bits per heavy atom. The van der Waals surface area contributed by atoms with Crippen molar-refractivity contribution in [2.24, 2.45) is 0 Å². The van der Waals surface area contributed by atoms with E-state index in [9.17, 15) is 18.0 Å². The van der Waals surface area contributed by atoms with E-state index in [2.05, 4.69) is 10.1 Å².